The van der Waals surface area contributed by atoms with Crippen LogP contribution in [0.3, 0.4) is 0 Å². The van der Waals surface area contributed by atoms with Crippen LogP contribution in [-0.2, 0) is 9.31 Å². The molecule has 0 bridgehead atoms. The molecule has 1 aliphatic heterocycles. The van der Waals surface area contributed by atoms with E-state index in [2.05, 4.69) is 4.98 Å². The zero-order valence-corrected chi connectivity index (χ0v) is 10.2. The highest BCUT2D eigenvalue weighted by Crippen LogP contribution is 2.36. The van der Waals surface area contributed by atoms with E-state index in [0.29, 0.717) is 5.59 Å². The minimum Gasteiger partial charge on any atom is -0.454 e. The first-order valence-corrected chi connectivity index (χ1v) is 5.21. The molecule has 1 saturated heterocycles. The summed E-state index contributed by atoms with van der Waals surface area (Å²) < 4.78 is 21.6. The van der Waals surface area contributed by atoms with Crippen LogP contribution in [0.4, 0.5) is 0 Å². The molecule has 0 saturated carbocycles. The molecule has 16 heavy (non-hydrogen) atoms. The molecule has 5 nitrogen and oxygen atoms in total. The summed E-state index contributed by atoms with van der Waals surface area (Å²) in [6, 6.07) is 0. The lowest BCUT2D eigenvalue weighted by atomic mass is 9.86. The minimum atomic E-state index is -0.502. The molecule has 1 aliphatic rings. The zero-order valence-electron chi connectivity index (χ0n) is 10.2. The standard InChI is InChI=1S/C10H16BNO4/c1-9(2)10(3,4)16-11(15-9)7-6-14-8(12-7)13-5/h6H,1-5H3. The van der Waals surface area contributed by atoms with Crippen LogP contribution >= 0.6 is 0 Å². The van der Waals surface area contributed by atoms with Gasteiger partial charge in [0.15, 0.2) is 0 Å². The summed E-state index contributed by atoms with van der Waals surface area (Å²) in [5, 5.41) is 0. The van der Waals surface area contributed by atoms with Crippen molar-refractivity contribution in [1.29, 1.82) is 0 Å². The predicted molar refractivity (Wildman–Crippen MR) is 58.8 cm³/mol. The Balaban J connectivity index is 2.20. The molecule has 2 heterocycles. The van der Waals surface area contributed by atoms with Gasteiger partial charge in [-0.15, -0.1) is 0 Å². The van der Waals surface area contributed by atoms with Gasteiger partial charge in [-0.2, -0.15) is 4.98 Å². The molecular formula is C10H16BNO4. The molecular weight excluding hydrogens is 209 g/mol. The van der Waals surface area contributed by atoms with Crippen LogP contribution in [0.15, 0.2) is 10.7 Å². The second-order valence-electron chi connectivity index (χ2n) is 4.83. The first-order chi connectivity index (χ1) is 7.36. The number of hydrogen-bond donors (Lipinski definition) is 0. The number of hydrogen-bond acceptors (Lipinski definition) is 5. The van der Waals surface area contributed by atoms with Gasteiger partial charge in [0.1, 0.15) is 11.9 Å². The summed E-state index contributed by atoms with van der Waals surface area (Å²) in [5.74, 6) is 0. The molecule has 1 aromatic heterocycles. The summed E-state index contributed by atoms with van der Waals surface area (Å²) >= 11 is 0. The second-order valence-corrected chi connectivity index (χ2v) is 4.83. The Morgan fingerprint density at radius 1 is 1.19 bits per heavy atom. The lowest BCUT2D eigenvalue weighted by Gasteiger charge is -2.32. The van der Waals surface area contributed by atoms with Gasteiger partial charge < -0.3 is 18.5 Å². The fourth-order valence-electron chi connectivity index (χ4n) is 1.43. The van der Waals surface area contributed by atoms with Gasteiger partial charge in [-0.3, -0.25) is 0 Å². The highest BCUT2D eigenvalue weighted by atomic mass is 16.7. The number of rotatable bonds is 2. The van der Waals surface area contributed by atoms with Gasteiger partial charge in [-0.05, 0) is 27.7 Å². The normalized spacial score (nSPS) is 22.4. The van der Waals surface area contributed by atoms with Gasteiger partial charge in [-0.1, -0.05) is 0 Å². The fraction of sp³-hybridized carbons (Fsp3) is 0.700. The predicted octanol–water partition coefficient (Wildman–Crippen LogP) is 0.982. The van der Waals surface area contributed by atoms with Gasteiger partial charge in [0.25, 0.3) is 0 Å². The number of aromatic nitrogens is 1. The van der Waals surface area contributed by atoms with Crippen molar-refractivity contribution >= 4 is 12.7 Å². The first kappa shape index (κ1) is 11.5. The van der Waals surface area contributed by atoms with E-state index in [9.17, 15) is 0 Å². The molecule has 88 valence electrons. The van der Waals surface area contributed by atoms with E-state index in [1.807, 2.05) is 27.7 Å². The molecule has 0 amide bonds. The van der Waals surface area contributed by atoms with Gasteiger partial charge in [0.05, 0.1) is 18.3 Å². The number of oxazole rings is 1. The Morgan fingerprint density at radius 3 is 2.19 bits per heavy atom. The summed E-state index contributed by atoms with van der Waals surface area (Å²) in [5.41, 5.74) is -0.149. The second kappa shape index (κ2) is 3.50. The van der Waals surface area contributed by atoms with Crippen LogP contribution in [-0.4, -0.2) is 30.4 Å². The highest BCUT2D eigenvalue weighted by Gasteiger charge is 2.52. The van der Waals surface area contributed by atoms with Crippen molar-refractivity contribution in [2.75, 3.05) is 7.11 Å². The van der Waals surface area contributed by atoms with Gasteiger partial charge in [0.2, 0.25) is 0 Å². The number of methoxy groups -OCH3 is 1. The molecule has 1 aromatic rings. The minimum absolute atomic E-state index is 0.213. The molecule has 0 aliphatic carbocycles. The Morgan fingerprint density at radius 2 is 1.75 bits per heavy atom. The Kier molecular flexibility index (Phi) is 2.51. The van der Waals surface area contributed by atoms with Crippen molar-refractivity contribution < 1.29 is 18.5 Å². The molecule has 0 aromatic carbocycles. The number of ether oxygens (including phenoxy) is 1. The first-order valence-electron chi connectivity index (χ1n) is 5.21. The van der Waals surface area contributed by atoms with Crippen LogP contribution in [0, 0.1) is 0 Å². The average Bonchev–Trinajstić information content (AvgIpc) is 2.70. The van der Waals surface area contributed by atoms with Crippen molar-refractivity contribution in [1.82, 2.24) is 4.98 Å². The van der Waals surface area contributed by atoms with Crippen molar-refractivity contribution in [2.45, 2.75) is 38.9 Å². The van der Waals surface area contributed by atoms with E-state index in [1.54, 1.807) is 0 Å². The molecule has 0 unspecified atom stereocenters. The largest absolute Gasteiger partial charge is 0.518 e. The van der Waals surface area contributed by atoms with E-state index < -0.39 is 7.12 Å². The zero-order chi connectivity index (χ0) is 12.0. The average molecular weight is 225 g/mol. The maximum Gasteiger partial charge on any atom is 0.518 e. The topological polar surface area (TPSA) is 53.7 Å². The van der Waals surface area contributed by atoms with Crippen LogP contribution in [0.1, 0.15) is 27.7 Å². The van der Waals surface area contributed by atoms with E-state index in [-0.39, 0.29) is 17.3 Å². The Bertz CT molecular complexity index is 372. The summed E-state index contributed by atoms with van der Waals surface area (Å²) in [6.45, 7) is 7.96. The molecule has 0 N–H and O–H groups in total. The molecule has 2 rings (SSSR count). The van der Waals surface area contributed by atoms with Crippen molar-refractivity contribution in [3.8, 4) is 6.08 Å². The van der Waals surface area contributed by atoms with E-state index in [1.165, 1.54) is 13.4 Å². The highest BCUT2D eigenvalue weighted by molar-refractivity contribution is 6.61. The molecule has 1 fully saturated rings. The fourth-order valence-corrected chi connectivity index (χ4v) is 1.43. The van der Waals surface area contributed by atoms with Crippen LogP contribution in [0.2, 0.25) is 0 Å². The third-order valence-electron chi connectivity index (χ3n) is 3.17. The van der Waals surface area contributed by atoms with Gasteiger partial charge in [0, 0.05) is 0 Å². The number of nitrogens with zero attached hydrogens (tertiary/aromatic N) is 1. The summed E-state index contributed by atoms with van der Waals surface area (Å²) in [4.78, 5) is 4.10. The van der Waals surface area contributed by atoms with Crippen molar-refractivity contribution in [3.05, 3.63) is 6.26 Å². The van der Waals surface area contributed by atoms with E-state index >= 15 is 0 Å². The molecule has 0 radical (unpaired) electrons. The smallest absolute Gasteiger partial charge is 0.454 e. The van der Waals surface area contributed by atoms with E-state index in [4.69, 9.17) is 18.5 Å². The Labute approximate surface area is 95.2 Å². The summed E-state index contributed by atoms with van der Waals surface area (Å²) in [6.07, 6.45) is 1.70. The summed E-state index contributed by atoms with van der Waals surface area (Å²) in [7, 11) is 0.998. The SMILES string of the molecule is COc1nc(B2OC(C)(C)C(C)(C)O2)co1. The molecule has 0 atom stereocenters. The van der Waals surface area contributed by atoms with Gasteiger partial charge in [-0.25, -0.2) is 0 Å². The van der Waals surface area contributed by atoms with E-state index in [0.717, 1.165) is 0 Å². The third-order valence-corrected chi connectivity index (χ3v) is 3.17. The van der Waals surface area contributed by atoms with Crippen molar-refractivity contribution in [2.24, 2.45) is 0 Å². The van der Waals surface area contributed by atoms with Crippen LogP contribution < -0.4 is 10.3 Å². The maximum absolute atomic E-state index is 5.81. The van der Waals surface area contributed by atoms with Crippen LogP contribution in [0.25, 0.3) is 0 Å². The molecule has 0 spiro atoms. The quantitative estimate of drug-likeness (QED) is 0.702. The lowest BCUT2D eigenvalue weighted by molar-refractivity contribution is 0.00578. The molecule has 6 heteroatoms. The van der Waals surface area contributed by atoms with Crippen molar-refractivity contribution in [3.63, 3.8) is 0 Å². The van der Waals surface area contributed by atoms with Gasteiger partial charge >= 0.3 is 13.2 Å². The monoisotopic (exact) mass is 225 g/mol. The Hall–Kier alpha value is -1.01. The third kappa shape index (κ3) is 1.72. The lowest BCUT2D eigenvalue weighted by Crippen LogP contribution is -2.41. The van der Waals surface area contributed by atoms with Crippen LogP contribution in [0.5, 0.6) is 6.08 Å². The maximum atomic E-state index is 5.81.